The fourth-order valence-corrected chi connectivity index (χ4v) is 1.83. The van der Waals surface area contributed by atoms with E-state index in [1.165, 1.54) is 4.90 Å². The fraction of sp³-hybridized carbons (Fsp3) is 0.467. The lowest BCUT2D eigenvalue weighted by Gasteiger charge is -2.19. The fourth-order valence-electron chi connectivity index (χ4n) is 1.83. The number of carbonyl (C=O) groups is 2. The molecule has 0 aliphatic heterocycles. The zero-order valence-electron chi connectivity index (χ0n) is 12.1. The van der Waals surface area contributed by atoms with Crippen molar-refractivity contribution in [2.45, 2.75) is 19.8 Å². The lowest BCUT2D eigenvalue weighted by molar-refractivity contribution is -0.142. The summed E-state index contributed by atoms with van der Waals surface area (Å²) < 4.78 is 5.07. The topological polar surface area (TPSA) is 66.8 Å². The van der Waals surface area contributed by atoms with Crippen molar-refractivity contribution in [3.63, 3.8) is 0 Å². The molecule has 0 fully saturated rings. The number of rotatable bonds is 7. The summed E-state index contributed by atoms with van der Waals surface area (Å²) in [7, 11) is 3.24. The first-order valence-corrected chi connectivity index (χ1v) is 6.53. The average Bonchev–Trinajstić information content (AvgIpc) is 2.44. The van der Waals surface area contributed by atoms with Crippen molar-refractivity contribution in [1.82, 2.24) is 4.90 Å². The van der Waals surface area contributed by atoms with Crippen LogP contribution in [0.5, 0.6) is 5.75 Å². The Balaban J connectivity index is 2.43. The van der Waals surface area contributed by atoms with Gasteiger partial charge in [0, 0.05) is 20.0 Å². The van der Waals surface area contributed by atoms with Crippen LogP contribution >= 0.6 is 0 Å². The zero-order chi connectivity index (χ0) is 15.1. The van der Waals surface area contributed by atoms with E-state index in [0.29, 0.717) is 12.8 Å². The van der Waals surface area contributed by atoms with Crippen LogP contribution in [0.4, 0.5) is 0 Å². The van der Waals surface area contributed by atoms with E-state index in [1.54, 1.807) is 21.1 Å². The van der Waals surface area contributed by atoms with Crippen molar-refractivity contribution in [3.05, 3.63) is 29.8 Å². The third-order valence-electron chi connectivity index (χ3n) is 3.18. The summed E-state index contributed by atoms with van der Waals surface area (Å²) in [5.74, 6) is -0.703. The molecule has 1 N–H and O–H groups in total. The Hall–Kier alpha value is -2.04. The molecule has 0 radical (unpaired) electrons. The Labute approximate surface area is 119 Å². The molecule has 1 aromatic rings. The van der Waals surface area contributed by atoms with Crippen LogP contribution in [0.1, 0.15) is 18.9 Å². The lowest BCUT2D eigenvalue weighted by Crippen LogP contribution is -2.33. The van der Waals surface area contributed by atoms with Crippen LogP contribution in [0.15, 0.2) is 24.3 Å². The largest absolute Gasteiger partial charge is 0.497 e. The second-order valence-corrected chi connectivity index (χ2v) is 4.86. The van der Waals surface area contributed by atoms with Gasteiger partial charge in [-0.1, -0.05) is 19.1 Å². The molecule has 0 saturated heterocycles. The number of benzene rings is 1. The normalized spacial score (nSPS) is 11.8. The number of aryl methyl sites for hydroxylation is 1. The minimum Gasteiger partial charge on any atom is -0.497 e. The van der Waals surface area contributed by atoms with E-state index >= 15 is 0 Å². The molecule has 0 heterocycles. The summed E-state index contributed by atoms with van der Waals surface area (Å²) in [5.41, 5.74) is 1.05. The van der Waals surface area contributed by atoms with Gasteiger partial charge in [0.1, 0.15) is 5.75 Å². The molecule has 20 heavy (non-hydrogen) atoms. The Kier molecular flexibility index (Phi) is 6.03. The van der Waals surface area contributed by atoms with Gasteiger partial charge in [0.15, 0.2) is 0 Å². The first-order valence-electron chi connectivity index (χ1n) is 6.53. The van der Waals surface area contributed by atoms with Crippen molar-refractivity contribution in [2.75, 3.05) is 20.7 Å². The Bertz CT molecular complexity index is 455. The molecule has 0 spiro atoms. The predicted octanol–water partition coefficient (Wildman–Crippen LogP) is 1.81. The van der Waals surface area contributed by atoms with Gasteiger partial charge in [-0.2, -0.15) is 0 Å². The average molecular weight is 279 g/mol. The van der Waals surface area contributed by atoms with Gasteiger partial charge in [0.2, 0.25) is 5.91 Å². The van der Waals surface area contributed by atoms with Gasteiger partial charge < -0.3 is 14.7 Å². The van der Waals surface area contributed by atoms with Gasteiger partial charge in [0.05, 0.1) is 13.0 Å². The van der Waals surface area contributed by atoms with E-state index in [1.807, 2.05) is 24.3 Å². The second kappa shape index (κ2) is 7.53. The number of hydrogen-bond donors (Lipinski definition) is 1. The number of nitrogens with zero attached hydrogens (tertiary/aromatic N) is 1. The molecule has 1 rings (SSSR count). The van der Waals surface area contributed by atoms with Crippen LogP contribution in [0.3, 0.4) is 0 Å². The number of aliphatic carboxylic acids is 1. The van der Waals surface area contributed by atoms with Crippen molar-refractivity contribution in [3.8, 4) is 5.75 Å². The van der Waals surface area contributed by atoms with Gasteiger partial charge in [-0.3, -0.25) is 9.59 Å². The monoisotopic (exact) mass is 279 g/mol. The predicted molar refractivity (Wildman–Crippen MR) is 75.8 cm³/mol. The van der Waals surface area contributed by atoms with Gasteiger partial charge in [0.25, 0.3) is 0 Å². The van der Waals surface area contributed by atoms with Crippen LogP contribution < -0.4 is 4.74 Å². The quantitative estimate of drug-likeness (QED) is 0.826. The summed E-state index contributed by atoms with van der Waals surface area (Å²) in [6.07, 6.45) is 1.00. The maximum Gasteiger partial charge on any atom is 0.308 e. The van der Waals surface area contributed by atoms with Crippen LogP contribution in [0.25, 0.3) is 0 Å². The highest BCUT2D eigenvalue weighted by Gasteiger charge is 2.17. The molecule has 0 saturated carbocycles. The van der Waals surface area contributed by atoms with Crippen LogP contribution in [-0.4, -0.2) is 42.6 Å². The second-order valence-electron chi connectivity index (χ2n) is 4.86. The third kappa shape index (κ3) is 4.91. The highest BCUT2D eigenvalue weighted by Crippen LogP contribution is 2.13. The molecule has 5 heteroatoms. The molecule has 5 nitrogen and oxygen atoms in total. The van der Waals surface area contributed by atoms with Crippen LogP contribution in [0.2, 0.25) is 0 Å². The smallest absolute Gasteiger partial charge is 0.308 e. The molecular formula is C15H21NO4. The maximum atomic E-state index is 11.9. The maximum absolute atomic E-state index is 11.9. The van der Waals surface area contributed by atoms with Crippen molar-refractivity contribution in [1.29, 1.82) is 0 Å². The van der Waals surface area contributed by atoms with Crippen molar-refractivity contribution >= 4 is 11.9 Å². The standard InChI is InChI=1S/C15H21NO4/c1-11(15(18)19)10-16(2)14(17)9-6-12-4-7-13(20-3)8-5-12/h4-5,7-8,11H,6,9-10H2,1-3H3,(H,18,19). The van der Waals surface area contributed by atoms with E-state index in [4.69, 9.17) is 9.84 Å². The molecule has 0 aliphatic rings. The number of methoxy groups -OCH3 is 1. The zero-order valence-corrected chi connectivity index (χ0v) is 12.1. The summed E-state index contributed by atoms with van der Waals surface area (Å²) in [6, 6.07) is 7.56. The molecule has 110 valence electrons. The molecule has 1 atom stereocenters. The number of carboxylic acid groups (broad SMARTS) is 1. The van der Waals surface area contributed by atoms with E-state index in [-0.39, 0.29) is 12.5 Å². The Morgan fingerprint density at radius 3 is 2.40 bits per heavy atom. The Morgan fingerprint density at radius 2 is 1.90 bits per heavy atom. The molecule has 0 bridgehead atoms. The first kappa shape index (κ1) is 16.0. The number of amides is 1. The van der Waals surface area contributed by atoms with Crippen LogP contribution in [0, 0.1) is 5.92 Å². The molecule has 1 unspecified atom stereocenters. The lowest BCUT2D eigenvalue weighted by atomic mass is 10.1. The molecule has 0 aliphatic carbocycles. The summed E-state index contributed by atoms with van der Waals surface area (Å²) in [4.78, 5) is 24.1. The number of carbonyl (C=O) groups excluding carboxylic acids is 1. The molecule has 1 amide bonds. The van der Waals surface area contributed by atoms with E-state index in [0.717, 1.165) is 11.3 Å². The van der Waals surface area contributed by atoms with Crippen molar-refractivity contribution in [2.24, 2.45) is 5.92 Å². The van der Waals surface area contributed by atoms with Gasteiger partial charge >= 0.3 is 5.97 Å². The third-order valence-corrected chi connectivity index (χ3v) is 3.18. The van der Waals surface area contributed by atoms with Crippen LogP contribution in [-0.2, 0) is 16.0 Å². The van der Waals surface area contributed by atoms with Gasteiger partial charge in [-0.25, -0.2) is 0 Å². The number of carboxylic acids is 1. The first-order chi connectivity index (χ1) is 9.43. The van der Waals surface area contributed by atoms with E-state index in [9.17, 15) is 9.59 Å². The minimum absolute atomic E-state index is 0.0473. The minimum atomic E-state index is -0.889. The number of hydrogen-bond acceptors (Lipinski definition) is 3. The summed E-state index contributed by atoms with van der Waals surface area (Å²) in [5, 5.41) is 8.82. The van der Waals surface area contributed by atoms with E-state index < -0.39 is 11.9 Å². The van der Waals surface area contributed by atoms with Gasteiger partial charge in [-0.05, 0) is 24.1 Å². The number of ether oxygens (including phenoxy) is 1. The SMILES string of the molecule is COc1ccc(CCC(=O)N(C)CC(C)C(=O)O)cc1. The van der Waals surface area contributed by atoms with E-state index in [2.05, 4.69) is 0 Å². The van der Waals surface area contributed by atoms with Gasteiger partial charge in [-0.15, -0.1) is 0 Å². The summed E-state index contributed by atoms with van der Waals surface area (Å²) in [6.45, 7) is 1.83. The highest BCUT2D eigenvalue weighted by molar-refractivity contribution is 5.77. The highest BCUT2D eigenvalue weighted by atomic mass is 16.5. The molecule has 1 aromatic carbocycles. The molecular weight excluding hydrogens is 258 g/mol. The van der Waals surface area contributed by atoms with Crippen molar-refractivity contribution < 1.29 is 19.4 Å². The summed E-state index contributed by atoms with van der Waals surface area (Å²) >= 11 is 0. The molecule has 0 aromatic heterocycles. The Morgan fingerprint density at radius 1 is 1.30 bits per heavy atom.